The van der Waals surface area contributed by atoms with E-state index in [1.54, 1.807) is 6.20 Å². The van der Waals surface area contributed by atoms with Crippen molar-refractivity contribution < 1.29 is 23.7 Å². The Hall–Kier alpha value is -1.70. The highest BCUT2D eigenvalue weighted by atomic mass is 16.7. The highest BCUT2D eigenvalue weighted by Gasteiger charge is 2.60. The number of pyridine rings is 1. The van der Waals surface area contributed by atoms with E-state index in [1.807, 2.05) is 12.1 Å². The second kappa shape index (κ2) is 10.0. The molecule has 1 aromatic rings. The summed E-state index contributed by atoms with van der Waals surface area (Å²) in [5.74, 6) is 0.567. The number of ether oxygens (including phenoxy) is 4. The summed E-state index contributed by atoms with van der Waals surface area (Å²) in [7, 11) is 3.06. The quantitative estimate of drug-likeness (QED) is 0.411. The zero-order chi connectivity index (χ0) is 19.9. The average molecular weight is 379 g/mol. The van der Waals surface area contributed by atoms with E-state index in [1.165, 1.54) is 19.1 Å². The van der Waals surface area contributed by atoms with Crippen molar-refractivity contribution in [3.8, 4) is 5.75 Å². The van der Waals surface area contributed by atoms with Crippen LogP contribution in [-0.2, 0) is 25.4 Å². The first-order chi connectivity index (χ1) is 13.0. The standard InChI is InChI=1S/C20H31N2O5/c1-6-7-8-15(2)27-18-9-10-21-17(11-18)12-20(26-14-25-5)16(3)22(13-24-4)19(20)23/h9-11,15-16H,3,6-8,12-14H2,1-2,4-5H3/t15-,16-,20-/m1/s1. The van der Waals surface area contributed by atoms with Gasteiger partial charge in [-0.05, 0) is 26.3 Å². The topological polar surface area (TPSA) is 70.1 Å². The van der Waals surface area contributed by atoms with Gasteiger partial charge in [-0.1, -0.05) is 19.8 Å². The number of amides is 1. The lowest BCUT2D eigenvalue weighted by Gasteiger charge is -2.53. The second-order valence-electron chi connectivity index (χ2n) is 6.88. The Labute approximate surface area is 161 Å². The minimum Gasteiger partial charge on any atom is -0.491 e. The molecule has 1 saturated heterocycles. The lowest BCUT2D eigenvalue weighted by Crippen LogP contribution is -2.75. The predicted molar refractivity (Wildman–Crippen MR) is 101 cm³/mol. The van der Waals surface area contributed by atoms with Crippen molar-refractivity contribution in [3.05, 3.63) is 30.9 Å². The van der Waals surface area contributed by atoms with E-state index in [4.69, 9.17) is 18.9 Å². The van der Waals surface area contributed by atoms with Crippen LogP contribution in [0.15, 0.2) is 18.3 Å². The van der Waals surface area contributed by atoms with Crippen molar-refractivity contribution in [3.63, 3.8) is 0 Å². The maximum absolute atomic E-state index is 12.7. The third kappa shape index (κ3) is 4.97. The third-order valence-electron chi connectivity index (χ3n) is 4.77. The van der Waals surface area contributed by atoms with Gasteiger partial charge in [0.15, 0.2) is 5.60 Å². The Balaban J connectivity index is 2.12. The van der Waals surface area contributed by atoms with Crippen molar-refractivity contribution in [2.75, 3.05) is 27.7 Å². The summed E-state index contributed by atoms with van der Waals surface area (Å²) in [5, 5.41) is 0. The Morgan fingerprint density at radius 2 is 2.15 bits per heavy atom. The molecule has 1 aliphatic rings. The summed E-state index contributed by atoms with van der Waals surface area (Å²) in [6.07, 6.45) is 5.38. The maximum Gasteiger partial charge on any atom is 0.259 e. The lowest BCUT2D eigenvalue weighted by atomic mass is 9.79. The summed E-state index contributed by atoms with van der Waals surface area (Å²) >= 11 is 0. The van der Waals surface area contributed by atoms with Crippen LogP contribution in [0.3, 0.4) is 0 Å². The number of unbranched alkanes of at least 4 members (excludes halogenated alkanes) is 1. The molecule has 0 saturated carbocycles. The molecule has 151 valence electrons. The Kier molecular flexibility index (Phi) is 8.01. The molecule has 27 heavy (non-hydrogen) atoms. The van der Waals surface area contributed by atoms with Crippen molar-refractivity contribution in [2.45, 2.75) is 57.3 Å². The summed E-state index contributed by atoms with van der Waals surface area (Å²) in [5.41, 5.74) is -0.390. The number of likely N-dealkylation sites (tertiary alicyclic amines) is 1. The summed E-state index contributed by atoms with van der Waals surface area (Å²) < 4.78 is 21.9. The first kappa shape index (κ1) is 21.6. The fourth-order valence-electron chi connectivity index (χ4n) is 3.24. The van der Waals surface area contributed by atoms with E-state index in [0.717, 1.165) is 25.0 Å². The number of carbonyl (C=O) groups is 1. The molecule has 1 aromatic heterocycles. The molecule has 7 nitrogen and oxygen atoms in total. The highest BCUT2D eigenvalue weighted by molar-refractivity contribution is 5.93. The summed E-state index contributed by atoms with van der Waals surface area (Å²) in [6, 6.07) is 3.30. The fraction of sp³-hybridized carbons (Fsp3) is 0.650. The summed E-state index contributed by atoms with van der Waals surface area (Å²) in [4.78, 5) is 18.7. The van der Waals surface area contributed by atoms with E-state index in [0.29, 0.717) is 12.1 Å². The molecule has 1 amide bonds. The highest BCUT2D eigenvalue weighted by Crippen LogP contribution is 2.37. The number of nitrogens with zero attached hydrogens (tertiary/aromatic N) is 2. The van der Waals surface area contributed by atoms with E-state index in [-0.39, 0.29) is 25.5 Å². The number of carbonyl (C=O) groups excluding carboxylic acids is 1. The molecule has 1 fully saturated rings. The zero-order valence-corrected chi connectivity index (χ0v) is 16.8. The van der Waals surface area contributed by atoms with Crippen LogP contribution in [0, 0.1) is 6.92 Å². The van der Waals surface area contributed by atoms with Crippen LogP contribution in [0.2, 0.25) is 0 Å². The molecule has 0 unspecified atom stereocenters. The summed E-state index contributed by atoms with van der Waals surface area (Å²) in [6.45, 7) is 8.49. The number of methoxy groups -OCH3 is 2. The molecule has 1 radical (unpaired) electrons. The molecule has 0 aliphatic carbocycles. The maximum atomic E-state index is 12.7. The van der Waals surface area contributed by atoms with Crippen LogP contribution in [0.5, 0.6) is 5.75 Å². The zero-order valence-electron chi connectivity index (χ0n) is 16.8. The number of β-lactam (4-membered cyclic amide) rings is 1. The number of hydrogen-bond donors (Lipinski definition) is 0. The molecular weight excluding hydrogens is 348 g/mol. The van der Waals surface area contributed by atoms with Gasteiger partial charge in [-0.15, -0.1) is 0 Å². The van der Waals surface area contributed by atoms with Gasteiger partial charge in [-0.2, -0.15) is 0 Å². The van der Waals surface area contributed by atoms with Gasteiger partial charge >= 0.3 is 0 Å². The van der Waals surface area contributed by atoms with Gasteiger partial charge in [0.25, 0.3) is 5.91 Å². The monoisotopic (exact) mass is 379 g/mol. The minimum absolute atomic E-state index is 0.00280. The van der Waals surface area contributed by atoms with Crippen LogP contribution in [-0.4, -0.2) is 61.3 Å². The smallest absolute Gasteiger partial charge is 0.259 e. The Bertz CT molecular complexity index is 612. The molecule has 1 aliphatic heterocycles. The molecule has 0 spiro atoms. The molecule has 2 rings (SSSR count). The van der Waals surface area contributed by atoms with Crippen LogP contribution in [0.25, 0.3) is 0 Å². The van der Waals surface area contributed by atoms with Gasteiger partial charge in [-0.3, -0.25) is 9.78 Å². The fourth-order valence-corrected chi connectivity index (χ4v) is 3.24. The molecule has 2 heterocycles. The van der Waals surface area contributed by atoms with Crippen LogP contribution in [0.1, 0.15) is 38.8 Å². The molecular formula is C20H31N2O5. The normalized spacial score (nSPS) is 23.2. The van der Waals surface area contributed by atoms with Crippen LogP contribution in [0.4, 0.5) is 0 Å². The molecule has 0 aromatic carbocycles. The Morgan fingerprint density at radius 3 is 2.78 bits per heavy atom. The van der Waals surface area contributed by atoms with Gasteiger partial charge in [0, 0.05) is 38.6 Å². The largest absolute Gasteiger partial charge is 0.491 e. The first-order valence-corrected chi connectivity index (χ1v) is 9.36. The minimum atomic E-state index is -1.10. The molecule has 7 heteroatoms. The van der Waals surface area contributed by atoms with E-state index >= 15 is 0 Å². The van der Waals surface area contributed by atoms with Crippen molar-refractivity contribution in [1.82, 2.24) is 9.88 Å². The van der Waals surface area contributed by atoms with Gasteiger partial charge in [0.2, 0.25) is 0 Å². The lowest BCUT2D eigenvalue weighted by molar-refractivity contribution is -0.226. The molecule has 3 atom stereocenters. The van der Waals surface area contributed by atoms with Gasteiger partial charge in [-0.25, -0.2) is 0 Å². The van der Waals surface area contributed by atoms with E-state index < -0.39 is 11.6 Å². The number of rotatable bonds is 12. The van der Waals surface area contributed by atoms with Crippen molar-refractivity contribution in [2.24, 2.45) is 0 Å². The Morgan fingerprint density at radius 1 is 1.37 bits per heavy atom. The van der Waals surface area contributed by atoms with Gasteiger partial charge in [0.1, 0.15) is 19.3 Å². The van der Waals surface area contributed by atoms with Gasteiger partial charge < -0.3 is 23.8 Å². The number of hydrogen-bond acceptors (Lipinski definition) is 6. The predicted octanol–water partition coefficient (Wildman–Crippen LogP) is 2.59. The second-order valence-corrected chi connectivity index (χ2v) is 6.88. The van der Waals surface area contributed by atoms with Crippen molar-refractivity contribution in [1.29, 1.82) is 0 Å². The third-order valence-corrected chi connectivity index (χ3v) is 4.77. The van der Waals surface area contributed by atoms with Gasteiger partial charge in [0.05, 0.1) is 12.1 Å². The molecule has 0 bridgehead atoms. The SMILES string of the molecule is [CH2][C@H]1N(COC)C(=O)[C@]1(Cc1cc(O[C@H](C)CCCC)ccn1)OCOC. The van der Waals surface area contributed by atoms with Crippen LogP contribution < -0.4 is 4.74 Å². The van der Waals surface area contributed by atoms with Crippen molar-refractivity contribution >= 4 is 5.91 Å². The average Bonchev–Trinajstić information content (AvgIpc) is 2.67. The van der Waals surface area contributed by atoms with E-state index in [9.17, 15) is 4.79 Å². The van der Waals surface area contributed by atoms with E-state index in [2.05, 4.69) is 25.8 Å². The van der Waals surface area contributed by atoms with Crippen LogP contribution >= 0.6 is 0 Å². The molecule has 0 N–H and O–H groups in total. The number of aromatic nitrogens is 1. The first-order valence-electron chi connectivity index (χ1n) is 9.36.